The number of carbonyl (C=O) groups is 1. The molecule has 1 N–H and O–H groups in total. The SMILES string of the molecule is CC[C@@H](C)C(=O)Nc1nnc(-c2ccco2)s1. The molecule has 0 bridgehead atoms. The van der Waals surface area contributed by atoms with Gasteiger partial charge in [-0.1, -0.05) is 25.2 Å². The number of nitrogens with one attached hydrogen (secondary N) is 1. The van der Waals surface area contributed by atoms with E-state index in [1.165, 1.54) is 11.3 Å². The molecule has 17 heavy (non-hydrogen) atoms. The third-order valence-corrected chi connectivity index (χ3v) is 3.30. The summed E-state index contributed by atoms with van der Waals surface area (Å²) in [7, 11) is 0. The topological polar surface area (TPSA) is 68.0 Å². The van der Waals surface area contributed by atoms with Crippen molar-refractivity contribution in [1.82, 2.24) is 10.2 Å². The summed E-state index contributed by atoms with van der Waals surface area (Å²) < 4.78 is 5.20. The molecule has 0 aliphatic carbocycles. The zero-order valence-electron chi connectivity index (χ0n) is 9.64. The number of hydrogen-bond acceptors (Lipinski definition) is 5. The van der Waals surface area contributed by atoms with Crippen LogP contribution in [-0.2, 0) is 4.79 Å². The maximum absolute atomic E-state index is 11.6. The van der Waals surface area contributed by atoms with Gasteiger partial charge in [0.1, 0.15) is 0 Å². The summed E-state index contributed by atoms with van der Waals surface area (Å²) in [5.74, 6) is 0.604. The zero-order valence-corrected chi connectivity index (χ0v) is 10.5. The highest BCUT2D eigenvalue weighted by Gasteiger charge is 2.14. The average molecular weight is 251 g/mol. The average Bonchev–Trinajstić information content (AvgIpc) is 2.97. The van der Waals surface area contributed by atoms with Gasteiger partial charge in [-0.2, -0.15) is 0 Å². The Morgan fingerprint density at radius 2 is 2.41 bits per heavy atom. The second kappa shape index (κ2) is 5.09. The Hall–Kier alpha value is -1.69. The first-order valence-electron chi connectivity index (χ1n) is 5.39. The van der Waals surface area contributed by atoms with E-state index < -0.39 is 0 Å². The maximum Gasteiger partial charge on any atom is 0.229 e. The van der Waals surface area contributed by atoms with E-state index in [4.69, 9.17) is 4.42 Å². The Balaban J connectivity index is 2.07. The summed E-state index contributed by atoms with van der Waals surface area (Å²) in [6.07, 6.45) is 2.38. The lowest BCUT2D eigenvalue weighted by molar-refractivity contribution is -0.119. The highest BCUT2D eigenvalue weighted by atomic mass is 32.1. The Labute approximate surface area is 103 Å². The van der Waals surface area contributed by atoms with Gasteiger partial charge in [-0.25, -0.2) is 0 Å². The van der Waals surface area contributed by atoms with E-state index in [1.54, 1.807) is 18.4 Å². The fourth-order valence-electron chi connectivity index (χ4n) is 1.19. The fourth-order valence-corrected chi connectivity index (χ4v) is 1.90. The molecular formula is C11H13N3O2S. The molecule has 0 spiro atoms. The van der Waals surface area contributed by atoms with Crippen LogP contribution in [-0.4, -0.2) is 16.1 Å². The van der Waals surface area contributed by atoms with E-state index >= 15 is 0 Å². The van der Waals surface area contributed by atoms with Gasteiger partial charge in [-0.05, 0) is 18.6 Å². The van der Waals surface area contributed by atoms with Crippen LogP contribution in [0.3, 0.4) is 0 Å². The van der Waals surface area contributed by atoms with Gasteiger partial charge in [0.05, 0.1) is 6.26 Å². The molecular weight excluding hydrogens is 238 g/mol. The zero-order chi connectivity index (χ0) is 12.3. The smallest absolute Gasteiger partial charge is 0.229 e. The van der Waals surface area contributed by atoms with Gasteiger partial charge in [0.25, 0.3) is 0 Å². The molecule has 5 nitrogen and oxygen atoms in total. The van der Waals surface area contributed by atoms with Crippen molar-refractivity contribution in [2.24, 2.45) is 5.92 Å². The van der Waals surface area contributed by atoms with Gasteiger partial charge >= 0.3 is 0 Å². The Morgan fingerprint density at radius 1 is 1.59 bits per heavy atom. The van der Waals surface area contributed by atoms with Crippen LogP contribution in [0, 0.1) is 5.92 Å². The van der Waals surface area contributed by atoms with Crippen LogP contribution in [0.25, 0.3) is 10.8 Å². The first-order valence-corrected chi connectivity index (χ1v) is 6.20. The summed E-state index contributed by atoms with van der Waals surface area (Å²) in [6.45, 7) is 3.85. The van der Waals surface area contributed by atoms with Crippen molar-refractivity contribution >= 4 is 22.4 Å². The Kier molecular flexibility index (Phi) is 3.53. The second-order valence-corrected chi connectivity index (χ2v) is 4.67. The molecule has 0 fully saturated rings. The number of aromatic nitrogens is 2. The van der Waals surface area contributed by atoms with E-state index in [-0.39, 0.29) is 11.8 Å². The molecule has 0 radical (unpaired) electrons. The molecule has 90 valence electrons. The molecule has 0 saturated carbocycles. The van der Waals surface area contributed by atoms with Crippen molar-refractivity contribution in [3.8, 4) is 10.8 Å². The van der Waals surface area contributed by atoms with Gasteiger partial charge in [0, 0.05) is 5.92 Å². The molecule has 0 aromatic carbocycles. The monoisotopic (exact) mass is 251 g/mol. The number of nitrogens with zero attached hydrogens (tertiary/aromatic N) is 2. The first-order chi connectivity index (χ1) is 8.20. The quantitative estimate of drug-likeness (QED) is 0.907. The number of amides is 1. The lowest BCUT2D eigenvalue weighted by Crippen LogP contribution is -2.19. The van der Waals surface area contributed by atoms with E-state index in [0.29, 0.717) is 15.9 Å². The predicted molar refractivity (Wildman–Crippen MR) is 65.7 cm³/mol. The van der Waals surface area contributed by atoms with Crippen LogP contribution < -0.4 is 5.32 Å². The molecule has 2 heterocycles. The molecule has 6 heteroatoms. The highest BCUT2D eigenvalue weighted by Crippen LogP contribution is 2.26. The van der Waals surface area contributed by atoms with Crippen molar-refractivity contribution in [2.75, 3.05) is 5.32 Å². The van der Waals surface area contributed by atoms with E-state index in [9.17, 15) is 4.79 Å². The van der Waals surface area contributed by atoms with Crippen LogP contribution in [0.4, 0.5) is 5.13 Å². The number of furan rings is 1. The Morgan fingerprint density at radius 3 is 3.06 bits per heavy atom. The first kappa shape index (κ1) is 11.8. The molecule has 0 aliphatic heterocycles. The van der Waals surface area contributed by atoms with E-state index in [2.05, 4.69) is 15.5 Å². The summed E-state index contributed by atoms with van der Waals surface area (Å²) in [5, 5.41) is 11.8. The van der Waals surface area contributed by atoms with Crippen LogP contribution in [0.15, 0.2) is 22.8 Å². The molecule has 1 atom stereocenters. The number of rotatable bonds is 4. The minimum absolute atomic E-state index is 0.0223. The molecule has 0 aliphatic rings. The van der Waals surface area contributed by atoms with E-state index in [1.807, 2.05) is 13.8 Å². The van der Waals surface area contributed by atoms with Gasteiger partial charge in [0.2, 0.25) is 11.0 Å². The van der Waals surface area contributed by atoms with Crippen molar-refractivity contribution in [3.05, 3.63) is 18.4 Å². The summed E-state index contributed by atoms with van der Waals surface area (Å²) in [6, 6.07) is 3.59. The highest BCUT2D eigenvalue weighted by molar-refractivity contribution is 7.18. The minimum atomic E-state index is -0.0327. The summed E-state index contributed by atoms with van der Waals surface area (Å²) in [5.41, 5.74) is 0. The van der Waals surface area contributed by atoms with Gasteiger partial charge in [0.15, 0.2) is 10.8 Å². The van der Waals surface area contributed by atoms with Gasteiger partial charge in [-0.15, -0.1) is 10.2 Å². The van der Waals surface area contributed by atoms with Gasteiger partial charge < -0.3 is 9.73 Å². The summed E-state index contributed by atoms with van der Waals surface area (Å²) in [4.78, 5) is 11.6. The molecule has 0 saturated heterocycles. The van der Waals surface area contributed by atoms with Crippen LogP contribution >= 0.6 is 11.3 Å². The number of anilines is 1. The normalized spacial score (nSPS) is 12.4. The van der Waals surface area contributed by atoms with Crippen molar-refractivity contribution in [3.63, 3.8) is 0 Å². The minimum Gasteiger partial charge on any atom is -0.462 e. The lowest BCUT2D eigenvalue weighted by Gasteiger charge is -2.05. The van der Waals surface area contributed by atoms with Crippen molar-refractivity contribution in [2.45, 2.75) is 20.3 Å². The Bertz CT molecular complexity index is 493. The maximum atomic E-state index is 11.6. The van der Waals surface area contributed by atoms with Crippen molar-refractivity contribution < 1.29 is 9.21 Å². The lowest BCUT2D eigenvalue weighted by atomic mass is 10.1. The van der Waals surface area contributed by atoms with Gasteiger partial charge in [-0.3, -0.25) is 4.79 Å². The third kappa shape index (κ3) is 2.71. The third-order valence-electron chi connectivity index (χ3n) is 2.45. The number of hydrogen-bond donors (Lipinski definition) is 1. The summed E-state index contributed by atoms with van der Waals surface area (Å²) >= 11 is 1.30. The predicted octanol–water partition coefficient (Wildman–Crippen LogP) is 2.78. The van der Waals surface area contributed by atoms with Crippen LogP contribution in [0.2, 0.25) is 0 Å². The molecule has 2 rings (SSSR count). The van der Waals surface area contributed by atoms with Crippen LogP contribution in [0.1, 0.15) is 20.3 Å². The molecule has 0 unspecified atom stereocenters. The molecule has 2 aromatic rings. The van der Waals surface area contributed by atoms with E-state index in [0.717, 1.165) is 6.42 Å². The number of carbonyl (C=O) groups excluding carboxylic acids is 1. The largest absolute Gasteiger partial charge is 0.462 e. The second-order valence-electron chi connectivity index (χ2n) is 3.69. The molecule has 2 aromatic heterocycles. The van der Waals surface area contributed by atoms with Crippen LogP contribution in [0.5, 0.6) is 0 Å². The fraction of sp³-hybridized carbons (Fsp3) is 0.364. The standard InChI is InChI=1S/C11H13N3O2S/c1-3-7(2)9(15)12-11-14-13-10(17-11)8-5-4-6-16-8/h4-7H,3H2,1-2H3,(H,12,14,15)/t7-/m1/s1. The van der Waals surface area contributed by atoms with Crippen molar-refractivity contribution in [1.29, 1.82) is 0 Å². The molecule has 1 amide bonds.